The van der Waals surface area contributed by atoms with Gasteiger partial charge in [0.15, 0.2) is 6.61 Å². The molecule has 1 N–H and O–H groups in total. The van der Waals surface area contributed by atoms with Crippen LogP contribution in [0.2, 0.25) is 0 Å². The van der Waals surface area contributed by atoms with E-state index in [9.17, 15) is 4.79 Å². The summed E-state index contributed by atoms with van der Waals surface area (Å²) >= 11 is 0. The molecule has 0 aliphatic heterocycles. The maximum Gasteiger partial charge on any atom is 0.341 e. The second kappa shape index (κ2) is 5.20. The van der Waals surface area contributed by atoms with Crippen LogP contribution in [0, 0.1) is 6.92 Å². The molecule has 0 spiro atoms. The van der Waals surface area contributed by atoms with Crippen molar-refractivity contribution in [1.29, 1.82) is 0 Å². The third kappa shape index (κ3) is 3.46. The van der Waals surface area contributed by atoms with E-state index in [1.807, 2.05) is 19.1 Å². The van der Waals surface area contributed by atoms with E-state index in [0.29, 0.717) is 12.2 Å². The van der Waals surface area contributed by atoms with Gasteiger partial charge in [-0.25, -0.2) is 4.79 Å². The van der Waals surface area contributed by atoms with E-state index in [4.69, 9.17) is 9.84 Å². The standard InChI is InChI=1S/C12H14O3/c1-3-4-10-7-9(2)5-6-11(10)15-8-12(13)14/h3,5-7H,1,4,8H2,2H3,(H,13,14). The maximum absolute atomic E-state index is 10.4. The monoisotopic (exact) mass is 206 g/mol. The van der Waals surface area contributed by atoms with E-state index in [1.165, 1.54) is 0 Å². The third-order valence-corrected chi connectivity index (χ3v) is 1.93. The van der Waals surface area contributed by atoms with Gasteiger partial charge in [-0.1, -0.05) is 23.8 Å². The van der Waals surface area contributed by atoms with Gasteiger partial charge >= 0.3 is 5.97 Å². The Bertz CT molecular complexity index is 369. The highest BCUT2D eigenvalue weighted by Crippen LogP contribution is 2.20. The van der Waals surface area contributed by atoms with Crippen LogP contribution < -0.4 is 4.74 Å². The van der Waals surface area contributed by atoms with Gasteiger partial charge in [-0.2, -0.15) is 0 Å². The highest BCUT2D eigenvalue weighted by atomic mass is 16.5. The largest absolute Gasteiger partial charge is 0.482 e. The fourth-order valence-corrected chi connectivity index (χ4v) is 1.30. The summed E-state index contributed by atoms with van der Waals surface area (Å²) in [7, 11) is 0. The van der Waals surface area contributed by atoms with Crippen molar-refractivity contribution in [2.75, 3.05) is 6.61 Å². The van der Waals surface area contributed by atoms with Crippen molar-refractivity contribution in [3.8, 4) is 5.75 Å². The highest BCUT2D eigenvalue weighted by molar-refractivity contribution is 5.68. The number of allylic oxidation sites excluding steroid dienone is 1. The Balaban J connectivity index is 2.84. The van der Waals surface area contributed by atoms with E-state index in [0.717, 1.165) is 11.1 Å². The number of rotatable bonds is 5. The van der Waals surface area contributed by atoms with Crippen LogP contribution in [0.3, 0.4) is 0 Å². The zero-order valence-electron chi connectivity index (χ0n) is 8.69. The minimum atomic E-state index is -0.972. The van der Waals surface area contributed by atoms with Crippen molar-refractivity contribution >= 4 is 5.97 Å². The summed E-state index contributed by atoms with van der Waals surface area (Å²) < 4.78 is 5.16. The fourth-order valence-electron chi connectivity index (χ4n) is 1.30. The summed E-state index contributed by atoms with van der Waals surface area (Å²) in [4.78, 5) is 10.4. The number of hydrogen-bond donors (Lipinski definition) is 1. The Hall–Kier alpha value is -1.77. The van der Waals surface area contributed by atoms with Crippen LogP contribution in [0.25, 0.3) is 0 Å². The lowest BCUT2D eigenvalue weighted by atomic mass is 10.1. The van der Waals surface area contributed by atoms with Gasteiger partial charge < -0.3 is 9.84 Å². The highest BCUT2D eigenvalue weighted by Gasteiger charge is 2.04. The number of carbonyl (C=O) groups is 1. The smallest absolute Gasteiger partial charge is 0.341 e. The second-order valence-electron chi connectivity index (χ2n) is 3.29. The molecule has 0 aliphatic carbocycles. The predicted octanol–water partition coefficient (Wildman–Crippen LogP) is 2.19. The molecule has 0 saturated heterocycles. The molecule has 0 bridgehead atoms. The fraction of sp³-hybridized carbons (Fsp3) is 0.250. The average Bonchev–Trinajstić information content (AvgIpc) is 2.17. The lowest BCUT2D eigenvalue weighted by Crippen LogP contribution is -2.10. The lowest BCUT2D eigenvalue weighted by Gasteiger charge is -2.09. The van der Waals surface area contributed by atoms with Crippen molar-refractivity contribution in [3.63, 3.8) is 0 Å². The van der Waals surface area contributed by atoms with E-state index in [2.05, 4.69) is 6.58 Å². The lowest BCUT2D eigenvalue weighted by molar-refractivity contribution is -0.139. The molecule has 0 amide bonds. The van der Waals surface area contributed by atoms with Crippen molar-refractivity contribution in [3.05, 3.63) is 42.0 Å². The summed E-state index contributed by atoms with van der Waals surface area (Å²) in [5.41, 5.74) is 2.08. The first-order valence-electron chi connectivity index (χ1n) is 4.68. The van der Waals surface area contributed by atoms with Gasteiger partial charge in [-0.05, 0) is 25.0 Å². The van der Waals surface area contributed by atoms with Crippen molar-refractivity contribution < 1.29 is 14.6 Å². The van der Waals surface area contributed by atoms with Gasteiger partial charge in [0, 0.05) is 0 Å². The van der Waals surface area contributed by atoms with E-state index >= 15 is 0 Å². The first-order valence-corrected chi connectivity index (χ1v) is 4.68. The molecule has 3 nitrogen and oxygen atoms in total. The summed E-state index contributed by atoms with van der Waals surface area (Å²) in [5.74, 6) is -0.358. The van der Waals surface area contributed by atoms with Crippen LogP contribution in [-0.2, 0) is 11.2 Å². The van der Waals surface area contributed by atoms with Crippen LogP contribution in [0.1, 0.15) is 11.1 Å². The number of carboxylic acids is 1. The third-order valence-electron chi connectivity index (χ3n) is 1.93. The second-order valence-corrected chi connectivity index (χ2v) is 3.29. The van der Waals surface area contributed by atoms with Crippen molar-refractivity contribution in [1.82, 2.24) is 0 Å². The molecule has 0 saturated carbocycles. The Morgan fingerprint density at radius 1 is 1.60 bits per heavy atom. The normalized spacial score (nSPS) is 9.67. The molecule has 0 radical (unpaired) electrons. The van der Waals surface area contributed by atoms with Crippen LogP contribution in [-0.4, -0.2) is 17.7 Å². The minimum Gasteiger partial charge on any atom is -0.482 e. The minimum absolute atomic E-state index is 0.312. The van der Waals surface area contributed by atoms with E-state index in [-0.39, 0.29) is 6.61 Å². The molecule has 80 valence electrons. The topological polar surface area (TPSA) is 46.5 Å². The Morgan fingerprint density at radius 2 is 2.33 bits per heavy atom. The number of carboxylic acid groups (broad SMARTS) is 1. The molecule has 0 aromatic heterocycles. The molecule has 0 unspecified atom stereocenters. The quantitative estimate of drug-likeness (QED) is 0.751. The molecular weight excluding hydrogens is 192 g/mol. The first kappa shape index (κ1) is 11.3. The molecule has 0 fully saturated rings. The molecule has 1 rings (SSSR count). The first-order chi connectivity index (χ1) is 7.13. The molecule has 1 aromatic rings. The summed E-state index contributed by atoms with van der Waals surface area (Å²) in [5, 5.41) is 8.51. The number of ether oxygens (including phenoxy) is 1. The van der Waals surface area contributed by atoms with Crippen LogP contribution in [0.4, 0.5) is 0 Å². The molecule has 1 aromatic carbocycles. The van der Waals surface area contributed by atoms with Crippen LogP contribution in [0.15, 0.2) is 30.9 Å². The molecule has 0 heterocycles. The van der Waals surface area contributed by atoms with Gasteiger partial charge in [0.1, 0.15) is 5.75 Å². The Morgan fingerprint density at radius 3 is 2.93 bits per heavy atom. The Kier molecular flexibility index (Phi) is 3.92. The molecule has 15 heavy (non-hydrogen) atoms. The SMILES string of the molecule is C=CCc1cc(C)ccc1OCC(=O)O. The zero-order valence-corrected chi connectivity index (χ0v) is 8.69. The summed E-state index contributed by atoms with van der Waals surface area (Å²) in [6, 6.07) is 5.65. The van der Waals surface area contributed by atoms with E-state index in [1.54, 1.807) is 12.1 Å². The average molecular weight is 206 g/mol. The van der Waals surface area contributed by atoms with Crippen LogP contribution in [0.5, 0.6) is 5.75 Å². The number of hydrogen-bond acceptors (Lipinski definition) is 2. The van der Waals surface area contributed by atoms with Gasteiger partial charge in [0.25, 0.3) is 0 Å². The molecule has 3 heteroatoms. The maximum atomic E-state index is 10.4. The van der Waals surface area contributed by atoms with Crippen LogP contribution >= 0.6 is 0 Å². The Labute approximate surface area is 89.0 Å². The number of aliphatic carboxylic acids is 1. The van der Waals surface area contributed by atoms with Gasteiger partial charge in [0.05, 0.1) is 0 Å². The molecule has 0 atom stereocenters. The number of benzene rings is 1. The van der Waals surface area contributed by atoms with Gasteiger partial charge in [-0.15, -0.1) is 6.58 Å². The number of aryl methyl sites for hydroxylation is 1. The summed E-state index contributed by atoms with van der Waals surface area (Å²) in [6.07, 6.45) is 2.44. The molecule has 0 aliphatic rings. The molecular formula is C12H14O3. The van der Waals surface area contributed by atoms with E-state index < -0.39 is 5.97 Å². The summed E-state index contributed by atoms with van der Waals surface area (Å²) in [6.45, 7) is 5.32. The van der Waals surface area contributed by atoms with Gasteiger partial charge in [-0.3, -0.25) is 0 Å². The van der Waals surface area contributed by atoms with Gasteiger partial charge in [0.2, 0.25) is 0 Å². The van der Waals surface area contributed by atoms with Crippen molar-refractivity contribution in [2.45, 2.75) is 13.3 Å². The predicted molar refractivity (Wildman–Crippen MR) is 58.2 cm³/mol. The van der Waals surface area contributed by atoms with Crippen molar-refractivity contribution in [2.24, 2.45) is 0 Å². The zero-order chi connectivity index (χ0) is 11.3.